The first-order valence-electron chi connectivity index (χ1n) is 7.93. The van der Waals surface area contributed by atoms with Crippen LogP contribution in [0.3, 0.4) is 0 Å². The Morgan fingerprint density at radius 3 is 2.88 bits per heavy atom. The number of pyridine rings is 1. The minimum atomic E-state index is -0.325. The van der Waals surface area contributed by atoms with Crippen LogP contribution in [0.15, 0.2) is 36.5 Å². The molecule has 0 fully saturated rings. The van der Waals surface area contributed by atoms with Crippen molar-refractivity contribution in [2.45, 2.75) is 12.8 Å². The molecule has 1 heterocycles. The summed E-state index contributed by atoms with van der Waals surface area (Å²) in [5, 5.41) is 12.7. The number of carbonyl (C=O) groups is 1. The summed E-state index contributed by atoms with van der Waals surface area (Å²) in [5.74, 6) is 0.632. The van der Waals surface area contributed by atoms with Gasteiger partial charge in [0.25, 0.3) is 0 Å². The second kappa shape index (κ2) is 10.5. The van der Waals surface area contributed by atoms with Crippen molar-refractivity contribution in [3.05, 3.63) is 52.1 Å². The maximum Gasteiger partial charge on any atom is 0.305 e. The average molecular weight is 394 g/mol. The summed E-state index contributed by atoms with van der Waals surface area (Å²) in [4.78, 5) is 15.7. The summed E-state index contributed by atoms with van der Waals surface area (Å²) in [6.45, 7) is 0.875. The molecule has 0 radical (unpaired) electrons. The van der Waals surface area contributed by atoms with E-state index >= 15 is 0 Å². The van der Waals surface area contributed by atoms with Crippen LogP contribution in [0.4, 0.5) is 5.82 Å². The van der Waals surface area contributed by atoms with E-state index in [1.54, 1.807) is 36.5 Å². The molecule has 2 rings (SSSR count). The zero-order valence-electron chi connectivity index (χ0n) is 13.9. The highest BCUT2D eigenvalue weighted by molar-refractivity contribution is 6.42. The highest BCUT2D eigenvalue weighted by Crippen LogP contribution is 2.31. The van der Waals surface area contributed by atoms with Gasteiger partial charge in [-0.2, -0.15) is 5.26 Å². The molecule has 0 aliphatic rings. The second-order valence-corrected chi connectivity index (χ2v) is 5.95. The van der Waals surface area contributed by atoms with Crippen molar-refractivity contribution in [2.75, 3.05) is 25.1 Å². The molecule has 0 amide bonds. The number of nitrogens with zero attached hydrogens (tertiary/aromatic N) is 2. The first-order chi connectivity index (χ1) is 12.6. The second-order valence-electron chi connectivity index (χ2n) is 5.16. The number of carbonyl (C=O) groups excluding carboxylic acids is 1. The van der Waals surface area contributed by atoms with Crippen LogP contribution >= 0.6 is 23.2 Å². The molecular formula is C18H17Cl2N3O3. The number of anilines is 1. The molecule has 0 bridgehead atoms. The number of rotatable bonds is 9. The minimum absolute atomic E-state index is 0.182. The summed E-state index contributed by atoms with van der Waals surface area (Å²) in [6, 6.07) is 10.5. The van der Waals surface area contributed by atoms with Crippen molar-refractivity contribution >= 4 is 35.0 Å². The van der Waals surface area contributed by atoms with Gasteiger partial charge in [0.15, 0.2) is 0 Å². The SMILES string of the molecule is N#Cc1cccnc1NCCOC(=O)CCCOc1cccc(Cl)c1Cl. The summed E-state index contributed by atoms with van der Waals surface area (Å²) in [5.41, 5.74) is 0.440. The highest BCUT2D eigenvalue weighted by atomic mass is 35.5. The van der Waals surface area contributed by atoms with E-state index in [1.165, 1.54) is 0 Å². The van der Waals surface area contributed by atoms with Crippen molar-refractivity contribution in [1.82, 2.24) is 4.98 Å². The van der Waals surface area contributed by atoms with Gasteiger partial charge in [0.05, 0.1) is 23.7 Å². The average Bonchev–Trinajstić information content (AvgIpc) is 2.66. The molecule has 0 aliphatic heterocycles. The van der Waals surface area contributed by atoms with Crippen LogP contribution in [0, 0.1) is 11.3 Å². The lowest BCUT2D eigenvalue weighted by molar-refractivity contribution is -0.143. The zero-order valence-corrected chi connectivity index (χ0v) is 15.4. The number of nitriles is 1. The molecule has 1 N–H and O–H groups in total. The molecule has 0 saturated heterocycles. The van der Waals surface area contributed by atoms with Crippen molar-refractivity contribution < 1.29 is 14.3 Å². The molecule has 136 valence electrons. The zero-order chi connectivity index (χ0) is 18.8. The number of halogens is 2. The summed E-state index contributed by atoms with van der Waals surface area (Å²) in [7, 11) is 0. The van der Waals surface area contributed by atoms with Crippen LogP contribution in [0.1, 0.15) is 18.4 Å². The van der Waals surface area contributed by atoms with Gasteiger partial charge in [-0.1, -0.05) is 29.3 Å². The fraction of sp³-hybridized carbons (Fsp3) is 0.278. The Balaban J connectivity index is 1.61. The number of esters is 1. The molecule has 6 nitrogen and oxygen atoms in total. The molecule has 1 aromatic heterocycles. The minimum Gasteiger partial charge on any atom is -0.492 e. The third kappa shape index (κ3) is 6.10. The third-order valence-electron chi connectivity index (χ3n) is 3.28. The van der Waals surface area contributed by atoms with E-state index in [2.05, 4.69) is 10.3 Å². The Hall–Kier alpha value is -2.49. The van der Waals surface area contributed by atoms with Crippen LogP contribution in [-0.2, 0) is 9.53 Å². The Bertz CT molecular complexity index is 793. The Morgan fingerprint density at radius 2 is 2.08 bits per heavy atom. The first-order valence-corrected chi connectivity index (χ1v) is 8.69. The van der Waals surface area contributed by atoms with Crippen LogP contribution in [0.5, 0.6) is 5.75 Å². The van der Waals surface area contributed by atoms with E-state index in [9.17, 15) is 4.79 Å². The lowest BCUT2D eigenvalue weighted by atomic mass is 10.3. The Labute approximate surface area is 161 Å². The van der Waals surface area contributed by atoms with Gasteiger partial charge in [-0.3, -0.25) is 4.79 Å². The van der Waals surface area contributed by atoms with Gasteiger partial charge in [0, 0.05) is 12.6 Å². The molecule has 0 saturated carbocycles. The number of hydrogen-bond donors (Lipinski definition) is 1. The molecule has 8 heteroatoms. The van der Waals surface area contributed by atoms with Crippen molar-refractivity contribution in [2.24, 2.45) is 0 Å². The monoisotopic (exact) mass is 393 g/mol. The van der Waals surface area contributed by atoms with Crippen LogP contribution in [-0.4, -0.2) is 30.7 Å². The molecule has 1 aromatic carbocycles. The first kappa shape index (κ1) is 19.8. The molecule has 2 aromatic rings. The van der Waals surface area contributed by atoms with Crippen molar-refractivity contribution in [3.63, 3.8) is 0 Å². The van der Waals surface area contributed by atoms with E-state index in [0.29, 0.717) is 46.7 Å². The molecule has 0 aliphatic carbocycles. The Morgan fingerprint density at radius 1 is 1.23 bits per heavy atom. The third-order valence-corrected chi connectivity index (χ3v) is 4.09. The van der Waals surface area contributed by atoms with Gasteiger partial charge < -0.3 is 14.8 Å². The largest absolute Gasteiger partial charge is 0.492 e. The lowest BCUT2D eigenvalue weighted by Gasteiger charge is -2.09. The summed E-state index contributed by atoms with van der Waals surface area (Å²) < 4.78 is 10.6. The fourth-order valence-electron chi connectivity index (χ4n) is 2.04. The molecule has 0 spiro atoms. The number of benzene rings is 1. The quantitative estimate of drug-likeness (QED) is 0.510. The summed E-state index contributed by atoms with van der Waals surface area (Å²) >= 11 is 11.9. The van der Waals surface area contributed by atoms with Crippen LogP contribution in [0.2, 0.25) is 10.0 Å². The van der Waals surface area contributed by atoms with Crippen molar-refractivity contribution in [1.29, 1.82) is 5.26 Å². The lowest BCUT2D eigenvalue weighted by Crippen LogP contribution is -2.15. The van der Waals surface area contributed by atoms with E-state index in [0.717, 1.165) is 0 Å². The van der Waals surface area contributed by atoms with E-state index < -0.39 is 0 Å². The van der Waals surface area contributed by atoms with E-state index in [4.69, 9.17) is 37.9 Å². The number of nitrogens with one attached hydrogen (secondary N) is 1. The topological polar surface area (TPSA) is 84.2 Å². The normalized spacial score (nSPS) is 10.0. The number of aromatic nitrogens is 1. The number of ether oxygens (including phenoxy) is 2. The standard InChI is InChI=1S/C18H17Cl2N3O3/c19-14-5-1-6-15(17(14)20)25-10-3-7-16(24)26-11-9-23-18-13(12-21)4-2-8-22-18/h1-2,4-6,8H,3,7,9-11H2,(H,22,23). The van der Waals surface area contributed by atoms with Crippen molar-refractivity contribution in [3.8, 4) is 11.8 Å². The van der Waals surface area contributed by atoms with Gasteiger partial charge in [-0.05, 0) is 30.7 Å². The molecule has 26 heavy (non-hydrogen) atoms. The molecule has 0 unspecified atom stereocenters. The maximum absolute atomic E-state index is 11.7. The molecule has 0 atom stereocenters. The van der Waals surface area contributed by atoms with E-state index in [1.807, 2.05) is 6.07 Å². The van der Waals surface area contributed by atoms with Gasteiger partial charge in [0.2, 0.25) is 0 Å². The van der Waals surface area contributed by atoms with Gasteiger partial charge in [0.1, 0.15) is 29.3 Å². The van der Waals surface area contributed by atoms with Gasteiger partial charge in [-0.15, -0.1) is 0 Å². The van der Waals surface area contributed by atoms with Crippen LogP contribution < -0.4 is 10.1 Å². The van der Waals surface area contributed by atoms with Gasteiger partial charge >= 0.3 is 5.97 Å². The fourth-order valence-corrected chi connectivity index (χ4v) is 2.38. The Kier molecular flexibility index (Phi) is 8.00. The predicted octanol–water partition coefficient (Wildman–Crippen LogP) is 4.07. The van der Waals surface area contributed by atoms with Gasteiger partial charge in [-0.25, -0.2) is 4.98 Å². The molecular weight excluding hydrogens is 377 g/mol. The smallest absolute Gasteiger partial charge is 0.305 e. The predicted molar refractivity (Wildman–Crippen MR) is 99.6 cm³/mol. The summed E-state index contributed by atoms with van der Waals surface area (Å²) in [6.07, 6.45) is 2.31. The van der Waals surface area contributed by atoms with E-state index in [-0.39, 0.29) is 19.0 Å². The van der Waals surface area contributed by atoms with Crippen LogP contribution in [0.25, 0.3) is 0 Å². The maximum atomic E-state index is 11.7. The highest BCUT2D eigenvalue weighted by Gasteiger charge is 2.07. The number of hydrogen-bond acceptors (Lipinski definition) is 6.